The topological polar surface area (TPSA) is 61.2 Å². The van der Waals surface area contributed by atoms with Gasteiger partial charge in [0.05, 0.1) is 17.2 Å². The van der Waals surface area contributed by atoms with Gasteiger partial charge in [0, 0.05) is 23.1 Å². The van der Waals surface area contributed by atoms with E-state index in [4.69, 9.17) is 28.5 Å². The highest BCUT2D eigenvalue weighted by molar-refractivity contribution is 7.89. The first-order valence-electron chi connectivity index (χ1n) is 6.53. The number of halogens is 2. The molecule has 4 nitrogen and oxygen atoms in total. The van der Waals surface area contributed by atoms with Crippen molar-refractivity contribution in [3.8, 4) is 6.07 Å². The fraction of sp³-hybridized carbons (Fsp3) is 0.500. The lowest BCUT2D eigenvalue weighted by Crippen LogP contribution is -2.34. The zero-order chi connectivity index (χ0) is 15.8. The molecule has 0 amide bonds. The van der Waals surface area contributed by atoms with Crippen LogP contribution in [0.25, 0.3) is 0 Å². The molecule has 0 aromatic heterocycles. The van der Waals surface area contributed by atoms with Crippen molar-refractivity contribution >= 4 is 33.2 Å². The summed E-state index contributed by atoms with van der Waals surface area (Å²) < 4.78 is 26.2. The molecule has 0 spiro atoms. The number of rotatable bonds is 5. The third-order valence-electron chi connectivity index (χ3n) is 3.95. The maximum Gasteiger partial charge on any atom is 0.215 e. The predicted molar refractivity (Wildman–Crippen MR) is 83.7 cm³/mol. The van der Waals surface area contributed by atoms with Crippen LogP contribution in [0, 0.1) is 16.7 Å². The van der Waals surface area contributed by atoms with E-state index < -0.39 is 21.5 Å². The van der Waals surface area contributed by atoms with Gasteiger partial charge in [-0.1, -0.05) is 29.3 Å². The molecular weight excluding hydrogens is 331 g/mol. The van der Waals surface area contributed by atoms with E-state index in [1.165, 1.54) is 11.4 Å². The molecule has 0 unspecified atom stereocenters. The first-order valence-corrected chi connectivity index (χ1v) is 8.89. The summed E-state index contributed by atoms with van der Waals surface area (Å²) in [7, 11) is -2.01. The molecule has 1 aliphatic carbocycles. The quantitative estimate of drug-likeness (QED) is 0.817. The highest BCUT2D eigenvalue weighted by Crippen LogP contribution is 2.46. The molecule has 1 atom stereocenters. The Kier molecular flexibility index (Phi) is 4.55. The molecular formula is C14H16Cl2N2O2S. The molecule has 7 heteroatoms. The summed E-state index contributed by atoms with van der Waals surface area (Å²) in [5.74, 6) is -0.136. The minimum absolute atomic E-state index is 0.136. The third kappa shape index (κ3) is 3.51. The normalized spacial score (nSPS) is 18.3. The van der Waals surface area contributed by atoms with Crippen LogP contribution in [0.5, 0.6) is 0 Å². The molecule has 114 valence electrons. The van der Waals surface area contributed by atoms with Crippen LogP contribution >= 0.6 is 23.2 Å². The molecule has 21 heavy (non-hydrogen) atoms. The van der Waals surface area contributed by atoms with Crippen LogP contribution in [0.1, 0.15) is 31.4 Å². The summed E-state index contributed by atoms with van der Waals surface area (Å²) in [5.41, 5.74) is -0.00897. The lowest BCUT2D eigenvalue weighted by molar-refractivity contribution is 0.395. The van der Waals surface area contributed by atoms with Crippen molar-refractivity contribution in [3.05, 3.63) is 33.8 Å². The Balaban J connectivity index is 2.22. The SMILES string of the molecule is C[C@@H](c1ccc(Cl)cc1Cl)N(C)S(=O)(=O)CC1(C#N)CC1. The van der Waals surface area contributed by atoms with Crippen LogP contribution in [-0.4, -0.2) is 25.5 Å². The van der Waals surface area contributed by atoms with Crippen LogP contribution in [0.2, 0.25) is 10.0 Å². The minimum Gasteiger partial charge on any atom is -0.212 e. The summed E-state index contributed by atoms with van der Waals surface area (Å²) >= 11 is 12.0. The van der Waals surface area contributed by atoms with Gasteiger partial charge in [-0.2, -0.15) is 9.57 Å². The smallest absolute Gasteiger partial charge is 0.212 e. The zero-order valence-corrected chi connectivity index (χ0v) is 14.1. The average molecular weight is 347 g/mol. The first kappa shape index (κ1) is 16.6. The highest BCUT2D eigenvalue weighted by atomic mass is 35.5. The van der Waals surface area contributed by atoms with Crippen molar-refractivity contribution in [1.29, 1.82) is 5.26 Å². The molecule has 0 N–H and O–H groups in total. The summed E-state index contributed by atoms with van der Waals surface area (Å²) in [6.07, 6.45) is 1.29. The van der Waals surface area contributed by atoms with Gasteiger partial charge in [0.25, 0.3) is 0 Å². The zero-order valence-electron chi connectivity index (χ0n) is 11.8. The largest absolute Gasteiger partial charge is 0.215 e. The van der Waals surface area contributed by atoms with Crippen molar-refractivity contribution in [1.82, 2.24) is 4.31 Å². The minimum atomic E-state index is -3.52. The van der Waals surface area contributed by atoms with E-state index in [0.29, 0.717) is 28.5 Å². The fourth-order valence-electron chi connectivity index (χ4n) is 2.17. The molecule has 1 aromatic carbocycles. The van der Waals surface area contributed by atoms with Crippen LogP contribution in [0.15, 0.2) is 18.2 Å². The molecule has 0 radical (unpaired) electrons. The van der Waals surface area contributed by atoms with Gasteiger partial charge in [-0.05, 0) is 37.5 Å². The number of hydrogen-bond donors (Lipinski definition) is 0. The second-order valence-corrected chi connectivity index (χ2v) is 8.38. The Morgan fingerprint density at radius 1 is 1.43 bits per heavy atom. The molecule has 1 aliphatic rings. The lowest BCUT2D eigenvalue weighted by atomic mass is 10.1. The number of nitrogens with zero attached hydrogens (tertiary/aromatic N) is 2. The maximum atomic E-state index is 12.4. The van der Waals surface area contributed by atoms with E-state index in [9.17, 15) is 8.42 Å². The monoisotopic (exact) mass is 346 g/mol. The maximum absolute atomic E-state index is 12.4. The summed E-state index contributed by atoms with van der Waals surface area (Å²) in [5, 5.41) is 9.99. The van der Waals surface area contributed by atoms with E-state index in [1.807, 2.05) is 0 Å². The second kappa shape index (κ2) is 5.77. The van der Waals surface area contributed by atoms with Gasteiger partial charge in [-0.25, -0.2) is 8.42 Å². The lowest BCUT2D eigenvalue weighted by Gasteiger charge is -2.26. The van der Waals surface area contributed by atoms with E-state index in [-0.39, 0.29) is 5.75 Å². The summed E-state index contributed by atoms with van der Waals surface area (Å²) in [6.45, 7) is 1.76. The summed E-state index contributed by atoms with van der Waals surface area (Å²) in [6, 6.07) is 6.68. The Hall–Kier alpha value is -0.800. The number of hydrogen-bond acceptors (Lipinski definition) is 3. The standard InChI is InChI=1S/C14H16Cl2N2O2S/c1-10(12-4-3-11(15)7-13(12)16)18(2)21(19,20)9-14(8-17)5-6-14/h3-4,7,10H,5-6,9H2,1-2H3/t10-/m0/s1. The van der Waals surface area contributed by atoms with Crippen molar-refractivity contribution in [3.63, 3.8) is 0 Å². The molecule has 0 saturated heterocycles. The van der Waals surface area contributed by atoms with Gasteiger partial charge in [0.15, 0.2) is 0 Å². The van der Waals surface area contributed by atoms with Gasteiger partial charge < -0.3 is 0 Å². The third-order valence-corrected chi connectivity index (χ3v) is 6.62. The van der Waals surface area contributed by atoms with Crippen LogP contribution < -0.4 is 0 Å². The Morgan fingerprint density at radius 3 is 2.52 bits per heavy atom. The van der Waals surface area contributed by atoms with Crippen LogP contribution in [0.3, 0.4) is 0 Å². The van der Waals surface area contributed by atoms with Gasteiger partial charge in [-0.15, -0.1) is 0 Å². The average Bonchev–Trinajstić information content (AvgIpc) is 3.16. The van der Waals surface area contributed by atoms with Gasteiger partial charge in [0.2, 0.25) is 10.0 Å². The Bertz CT molecular complexity index is 693. The van der Waals surface area contributed by atoms with Crippen LogP contribution in [-0.2, 0) is 10.0 Å². The number of sulfonamides is 1. The number of benzene rings is 1. The molecule has 0 bridgehead atoms. The van der Waals surface area contributed by atoms with Crippen molar-refractivity contribution in [2.45, 2.75) is 25.8 Å². The highest BCUT2D eigenvalue weighted by Gasteiger charge is 2.48. The summed E-state index contributed by atoms with van der Waals surface area (Å²) in [4.78, 5) is 0. The van der Waals surface area contributed by atoms with E-state index >= 15 is 0 Å². The predicted octanol–water partition coefficient (Wildman–Crippen LogP) is 3.62. The Morgan fingerprint density at radius 2 is 2.05 bits per heavy atom. The fourth-order valence-corrected chi connectivity index (χ4v) is 4.58. The van der Waals surface area contributed by atoms with Crippen LogP contribution in [0.4, 0.5) is 0 Å². The molecule has 0 heterocycles. The first-order chi connectivity index (χ1) is 9.71. The van der Waals surface area contributed by atoms with E-state index in [1.54, 1.807) is 25.1 Å². The van der Waals surface area contributed by atoms with E-state index in [2.05, 4.69) is 6.07 Å². The molecule has 1 fully saturated rings. The molecule has 1 aromatic rings. The number of nitriles is 1. The van der Waals surface area contributed by atoms with Gasteiger partial charge >= 0.3 is 0 Å². The Labute approximate surface area is 135 Å². The van der Waals surface area contributed by atoms with Crippen molar-refractivity contribution in [2.75, 3.05) is 12.8 Å². The molecule has 0 aliphatic heterocycles. The molecule has 2 rings (SSSR count). The van der Waals surface area contributed by atoms with Crippen molar-refractivity contribution in [2.24, 2.45) is 5.41 Å². The van der Waals surface area contributed by atoms with Gasteiger partial charge in [-0.3, -0.25) is 0 Å². The molecule has 1 saturated carbocycles. The van der Waals surface area contributed by atoms with Crippen molar-refractivity contribution < 1.29 is 8.42 Å². The second-order valence-electron chi connectivity index (χ2n) is 5.51. The van der Waals surface area contributed by atoms with E-state index in [0.717, 1.165) is 0 Å². The van der Waals surface area contributed by atoms with Gasteiger partial charge in [0.1, 0.15) is 0 Å².